The second-order valence-electron chi connectivity index (χ2n) is 7.14. The van der Waals surface area contributed by atoms with Gasteiger partial charge in [0.15, 0.2) is 6.29 Å². The first-order chi connectivity index (χ1) is 12.3. The first-order valence-corrected chi connectivity index (χ1v) is 10.2. The second kappa shape index (κ2) is 7.97. The number of anilines is 1. The van der Waals surface area contributed by atoms with Gasteiger partial charge >= 0.3 is 6.03 Å². The number of nitrogens with one attached hydrogen (secondary N) is 1. The maximum atomic E-state index is 12.5. The summed E-state index contributed by atoms with van der Waals surface area (Å²) in [6.07, 6.45) is 8.02. The van der Waals surface area contributed by atoms with E-state index in [1.54, 1.807) is 0 Å². The minimum absolute atomic E-state index is 0.0712. The van der Waals surface area contributed by atoms with Crippen LogP contribution in [-0.4, -0.2) is 53.7 Å². The van der Waals surface area contributed by atoms with Gasteiger partial charge < -0.3 is 14.4 Å². The van der Waals surface area contributed by atoms with Crippen molar-refractivity contribution in [2.45, 2.75) is 57.2 Å². The van der Waals surface area contributed by atoms with Gasteiger partial charge in [-0.25, -0.2) is 4.79 Å². The van der Waals surface area contributed by atoms with Crippen LogP contribution in [0.5, 0.6) is 0 Å². The maximum Gasteiger partial charge on any atom is 0.323 e. The van der Waals surface area contributed by atoms with E-state index in [-0.39, 0.29) is 12.3 Å². The number of likely N-dealkylation sites (tertiary alicyclic amines) is 1. The number of piperidine rings is 1. The molecular formula is C17H26N4O3S. The summed E-state index contributed by atoms with van der Waals surface area (Å²) in [5.74, 6) is 0.921. The van der Waals surface area contributed by atoms with E-state index in [1.807, 2.05) is 4.90 Å². The molecule has 25 heavy (non-hydrogen) atoms. The fourth-order valence-electron chi connectivity index (χ4n) is 3.99. The molecule has 1 saturated carbocycles. The summed E-state index contributed by atoms with van der Waals surface area (Å²) in [5.41, 5.74) is 0. The molecule has 0 radical (unpaired) electrons. The number of ether oxygens (including phenoxy) is 2. The van der Waals surface area contributed by atoms with Crippen LogP contribution in [0.1, 0.15) is 55.9 Å². The van der Waals surface area contributed by atoms with Gasteiger partial charge in [-0.2, -0.15) is 0 Å². The van der Waals surface area contributed by atoms with E-state index < -0.39 is 0 Å². The third-order valence-electron chi connectivity index (χ3n) is 5.47. The molecule has 0 spiro atoms. The normalized spacial score (nSPS) is 23.9. The Morgan fingerprint density at radius 2 is 1.76 bits per heavy atom. The number of hydrogen-bond acceptors (Lipinski definition) is 6. The number of carbonyl (C=O) groups is 1. The van der Waals surface area contributed by atoms with Gasteiger partial charge in [0, 0.05) is 24.9 Å². The highest BCUT2D eigenvalue weighted by Gasteiger charge is 2.32. The Morgan fingerprint density at radius 3 is 2.48 bits per heavy atom. The fraction of sp³-hybridized carbons (Fsp3) is 0.824. The Balaban J connectivity index is 1.27. The molecule has 2 aliphatic heterocycles. The Morgan fingerprint density at radius 1 is 1.04 bits per heavy atom. The van der Waals surface area contributed by atoms with Gasteiger partial charge in [-0.15, -0.1) is 10.2 Å². The van der Waals surface area contributed by atoms with Crippen molar-refractivity contribution < 1.29 is 14.3 Å². The lowest BCUT2D eigenvalue weighted by Gasteiger charge is -2.33. The highest BCUT2D eigenvalue weighted by molar-refractivity contribution is 7.15. The zero-order valence-corrected chi connectivity index (χ0v) is 15.3. The van der Waals surface area contributed by atoms with Crippen molar-refractivity contribution in [1.82, 2.24) is 15.1 Å². The smallest absolute Gasteiger partial charge is 0.323 e. The molecule has 0 atom stereocenters. The molecular weight excluding hydrogens is 340 g/mol. The van der Waals surface area contributed by atoms with Crippen LogP contribution in [0.4, 0.5) is 9.93 Å². The van der Waals surface area contributed by atoms with Crippen LogP contribution in [-0.2, 0) is 9.47 Å². The molecule has 2 saturated heterocycles. The minimum atomic E-state index is -0.0774. The average molecular weight is 366 g/mol. The standard InChI is InChI=1S/C17H26N4O3S/c22-17(21-8-6-13(7-9-21)15-23-10-11-24-15)18-16-20-19-14(25-16)12-4-2-1-3-5-12/h12-13,15H,1-11H2,(H,18,20,22). The first-order valence-electron chi connectivity index (χ1n) is 9.42. The first kappa shape index (κ1) is 17.2. The van der Waals surface area contributed by atoms with Crippen molar-refractivity contribution in [3.63, 3.8) is 0 Å². The lowest BCUT2D eigenvalue weighted by Crippen LogP contribution is -2.43. The summed E-state index contributed by atoms with van der Waals surface area (Å²) in [4.78, 5) is 14.3. The number of nitrogens with zero attached hydrogens (tertiary/aromatic N) is 3. The average Bonchev–Trinajstić information content (AvgIpc) is 3.35. The van der Waals surface area contributed by atoms with Gasteiger partial charge in [-0.05, 0) is 25.7 Å². The maximum absolute atomic E-state index is 12.5. The highest BCUT2D eigenvalue weighted by Crippen LogP contribution is 2.35. The number of carbonyl (C=O) groups excluding carboxylic acids is 1. The van der Waals surface area contributed by atoms with Gasteiger partial charge in [0.1, 0.15) is 5.01 Å². The quantitative estimate of drug-likeness (QED) is 0.889. The molecule has 0 bridgehead atoms. The molecule has 0 unspecified atom stereocenters. The largest absolute Gasteiger partial charge is 0.350 e. The Hall–Kier alpha value is -1.25. The summed E-state index contributed by atoms with van der Waals surface area (Å²) < 4.78 is 11.2. The number of amides is 2. The van der Waals surface area contributed by atoms with Crippen molar-refractivity contribution >= 4 is 22.5 Å². The van der Waals surface area contributed by atoms with E-state index in [0.29, 0.717) is 30.2 Å². The van der Waals surface area contributed by atoms with E-state index in [9.17, 15) is 4.79 Å². The van der Waals surface area contributed by atoms with Crippen molar-refractivity contribution in [2.75, 3.05) is 31.6 Å². The molecule has 3 heterocycles. The van der Waals surface area contributed by atoms with Crippen molar-refractivity contribution in [1.29, 1.82) is 0 Å². The van der Waals surface area contributed by atoms with Crippen molar-refractivity contribution in [3.05, 3.63) is 5.01 Å². The van der Waals surface area contributed by atoms with Crippen LogP contribution in [0.3, 0.4) is 0 Å². The molecule has 138 valence electrons. The zero-order chi connectivity index (χ0) is 17.1. The third-order valence-corrected chi connectivity index (χ3v) is 6.47. The molecule has 2 amide bonds. The lowest BCUT2D eigenvalue weighted by molar-refractivity contribution is -0.0950. The topological polar surface area (TPSA) is 76.6 Å². The van der Waals surface area contributed by atoms with Gasteiger partial charge in [0.25, 0.3) is 0 Å². The number of rotatable bonds is 3. The molecule has 3 aliphatic rings. The van der Waals surface area contributed by atoms with Crippen LogP contribution in [0.25, 0.3) is 0 Å². The fourth-order valence-corrected chi connectivity index (χ4v) is 4.90. The van der Waals surface area contributed by atoms with E-state index in [4.69, 9.17) is 9.47 Å². The predicted octanol–water partition coefficient (Wildman–Crippen LogP) is 3.20. The second-order valence-corrected chi connectivity index (χ2v) is 8.15. The van der Waals surface area contributed by atoms with Crippen LogP contribution in [0.15, 0.2) is 0 Å². The SMILES string of the molecule is O=C(Nc1nnc(C2CCCCC2)s1)N1CCC(C2OCCO2)CC1. The summed E-state index contributed by atoms with van der Waals surface area (Å²) in [7, 11) is 0. The number of hydrogen-bond donors (Lipinski definition) is 1. The highest BCUT2D eigenvalue weighted by atomic mass is 32.1. The van der Waals surface area contributed by atoms with Crippen molar-refractivity contribution in [3.8, 4) is 0 Å². The van der Waals surface area contributed by atoms with Crippen LogP contribution in [0, 0.1) is 5.92 Å². The molecule has 4 rings (SSSR count). The Bertz CT molecular complexity index is 576. The van der Waals surface area contributed by atoms with E-state index in [1.165, 1.54) is 43.4 Å². The Labute approximate surface area is 152 Å². The summed E-state index contributed by atoms with van der Waals surface area (Å²) in [6.45, 7) is 2.83. The van der Waals surface area contributed by atoms with Gasteiger partial charge in [-0.1, -0.05) is 30.6 Å². The molecule has 0 aromatic carbocycles. The molecule has 3 fully saturated rings. The van der Waals surface area contributed by atoms with E-state index >= 15 is 0 Å². The summed E-state index contributed by atoms with van der Waals surface area (Å²) >= 11 is 1.53. The molecule has 7 nitrogen and oxygen atoms in total. The molecule has 1 aliphatic carbocycles. The van der Waals surface area contributed by atoms with E-state index in [2.05, 4.69) is 15.5 Å². The van der Waals surface area contributed by atoms with Gasteiger partial charge in [0.2, 0.25) is 5.13 Å². The summed E-state index contributed by atoms with van der Waals surface area (Å²) in [6, 6.07) is -0.0712. The van der Waals surface area contributed by atoms with Crippen molar-refractivity contribution in [2.24, 2.45) is 5.92 Å². The molecule has 1 N–H and O–H groups in total. The van der Waals surface area contributed by atoms with E-state index in [0.717, 1.165) is 30.9 Å². The number of urea groups is 1. The lowest BCUT2D eigenvalue weighted by atomic mass is 9.90. The van der Waals surface area contributed by atoms with Crippen LogP contribution in [0.2, 0.25) is 0 Å². The Kier molecular flexibility index (Phi) is 5.48. The number of aromatic nitrogens is 2. The zero-order valence-electron chi connectivity index (χ0n) is 14.5. The van der Waals surface area contributed by atoms with Gasteiger partial charge in [0.05, 0.1) is 13.2 Å². The molecule has 1 aromatic rings. The van der Waals surface area contributed by atoms with Crippen LogP contribution < -0.4 is 5.32 Å². The third kappa shape index (κ3) is 4.12. The van der Waals surface area contributed by atoms with Crippen LogP contribution >= 0.6 is 11.3 Å². The minimum Gasteiger partial charge on any atom is -0.350 e. The summed E-state index contributed by atoms with van der Waals surface area (Å²) in [5, 5.41) is 13.1. The van der Waals surface area contributed by atoms with Gasteiger partial charge in [-0.3, -0.25) is 5.32 Å². The molecule has 8 heteroatoms. The monoisotopic (exact) mass is 366 g/mol. The predicted molar refractivity (Wildman–Crippen MR) is 94.7 cm³/mol. The molecule has 1 aromatic heterocycles.